The first kappa shape index (κ1) is 17.8. The maximum Gasteiger partial charge on any atom is 0.294 e. The Morgan fingerprint density at radius 3 is 2.46 bits per heavy atom. The summed E-state index contributed by atoms with van der Waals surface area (Å²) in [6, 6.07) is 14.5. The van der Waals surface area contributed by atoms with Gasteiger partial charge in [-0.15, -0.1) is 0 Å². The van der Waals surface area contributed by atoms with Gasteiger partial charge >= 0.3 is 0 Å². The molecule has 0 atom stereocenters. The largest absolute Gasteiger partial charge is 0.361 e. The number of pyridine rings is 1. The zero-order valence-corrected chi connectivity index (χ0v) is 14.8. The fourth-order valence-electron chi connectivity index (χ4n) is 3.02. The molecule has 0 aliphatic rings. The maximum absolute atomic E-state index is 13.4. The van der Waals surface area contributed by atoms with Crippen molar-refractivity contribution in [3.05, 3.63) is 100 Å². The Balaban J connectivity index is 1.72. The van der Waals surface area contributed by atoms with Gasteiger partial charge in [0.2, 0.25) is 0 Å². The Labute approximate surface area is 159 Å². The van der Waals surface area contributed by atoms with Gasteiger partial charge in [-0.25, -0.2) is 13.8 Å². The lowest BCUT2D eigenvalue weighted by atomic mass is 10.2. The topological polar surface area (TPSA) is 59.8 Å². The van der Waals surface area contributed by atoms with E-state index in [-0.39, 0.29) is 17.9 Å². The second-order valence-electron chi connectivity index (χ2n) is 6.33. The van der Waals surface area contributed by atoms with Crippen molar-refractivity contribution in [2.45, 2.75) is 13.1 Å². The molecular weight excluding hydrogens is 362 g/mol. The van der Waals surface area contributed by atoms with Crippen molar-refractivity contribution < 1.29 is 8.78 Å². The highest BCUT2D eigenvalue weighted by Gasteiger charge is 2.12. The molecule has 0 fully saturated rings. The van der Waals surface area contributed by atoms with Crippen LogP contribution in [0.4, 0.5) is 14.6 Å². The molecule has 0 aliphatic carbocycles. The van der Waals surface area contributed by atoms with Crippen LogP contribution in [0.25, 0.3) is 11.0 Å². The average Bonchev–Trinajstić information content (AvgIpc) is 2.69. The van der Waals surface area contributed by atoms with Gasteiger partial charge in [-0.2, -0.15) is 0 Å². The predicted octanol–water partition coefficient (Wildman–Crippen LogP) is 3.73. The zero-order chi connectivity index (χ0) is 19.5. The normalized spacial score (nSPS) is 10.9. The minimum Gasteiger partial charge on any atom is -0.361 e. The molecule has 4 rings (SSSR count). The van der Waals surface area contributed by atoms with Gasteiger partial charge in [0.25, 0.3) is 5.56 Å². The van der Waals surface area contributed by atoms with Gasteiger partial charge in [0.1, 0.15) is 11.6 Å². The van der Waals surface area contributed by atoms with Crippen LogP contribution in [0, 0.1) is 11.6 Å². The number of anilines is 1. The molecule has 4 aromatic rings. The zero-order valence-electron chi connectivity index (χ0n) is 14.8. The van der Waals surface area contributed by atoms with Crippen molar-refractivity contribution in [1.29, 1.82) is 0 Å². The van der Waals surface area contributed by atoms with E-state index in [0.717, 1.165) is 11.6 Å². The first-order chi connectivity index (χ1) is 13.6. The van der Waals surface area contributed by atoms with E-state index in [9.17, 15) is 13.6 Å². The van der Waals surface area contributed by atoms with Crippen LogP contribution >= 0.6 is 0 Å². The monoisotopic (exact) mass is 378 g/mol. The fourth-order valence-corrected chi connectivity index (χ4v) is 3.02. The van der Waals surface area contributed by atoms with Gasteiger partial charge in [-0.3, -0.25) is 14.3 Å². The summed E-state index contributed by atoms with van der Waals surface area (Å²) >= 11 is 0. The summed E-state index contributed by atoms with van der Waals surface area (Å²) < 4.78 is 28.4. The van der Waals surface area contributed by atoms with Crippen molar-refractivity contribution in [2.75, 3.05) is 5.32 Å². The molecule has 140 valence electrons. The molecular formula is C21H16F2N4O. The van der Waals surface area contributed by atoms with E-state index in [4.69, 9.17) is 0 Å². The second kappa shape index (κ2) is 7.56. The predicted molar refractivity (Wildman–Crippen MR) is 103 cm³/mol. The van der Waals surface area contributed by atoms with Gasteiger partial charge in [-0.1, -0.05) is 30.3 Å². The number of hydrogen-bond donors (Lipinski definition) is 1. The number of benzene rings is 2. The molecule has 0 unspecified atom stereocenters. The third-order valence-electron chi connectivity index (χ3n) is 4.31. The molecule has 0 radical (unpaired) electrons. The van der Waals surface area contributed by atoms with E-state index in [1.165, 1.54) is 12.1 Å². The molecule has 28 heavy (non-hydrogen) atoms. The summed E-state index contributed by atoms with van der Waals surface area (Å²) in [7, 11) is 0. The molecule has 0 amide bonds. The van der Waals surface area contributed by atoms with Crippen LogP contribution in [0.2, 0.25) is 0 Å². The van der Waals surface area contributed by atoms with Gasteiger partial charge in [0.05, 0.1) is 23.8 Å². The van der Waals surface area contributed by atoms with E-state index >= 15 is 0 Å². The number of nitrogens with zero attached hydrogens (tertiary/aromatic N) is 3. The molecule has 2 aromatic carbocycles. The van der Waals surface area contributed by atoms with Gasteiger partial charge in [0.15, 0.2) is 5.82 Å². The first-order valence-corrected chi connectivity index (χ1v) is 8.67. The fraction of sp³-hybridized carbons (Fsp3) is 0.0952. The van der Waals surface area contributed by atoms with Crippen LogP contribution in [-0.4, -0.2) is 14.5 Å². The number of halogens is 2. The highest BCUT2D eigenvalue weighted by atomic mass is 19.1. The van der Waals surface area contributed by atoms with Crippen LogP contribution in [-0.2, 0) is 13.1 Å². The Bertz CT molecular complexity index is 1170. The molecule has 0 aliphatic heterocycles. The van der Waals surface area contributed by atoms with Crippen LogP contribution in [0.5, 0.6) is 0 Å². The minimum absolute atomic E-state index is 0.0683. The summed E-state index contributed by atoms with van der Waals surface area (Å²) in [5, 5.41) is 2.90. The minimum atomic E-state index is -0.671. The lowest BCUT2D eigenvalue weighted by molar-refractivity contribution is 0.580. The lowest BCUT2D eigenvalue weighted by Gasteiger charge is -2.13. The smallest absolute Gasteiger partial charge is 0.294 e. The van der Waals surface area contributed by atoms with E-state index in [1.54, 1.807) is 23.0 Å². The number of aromatic nitrogens is 3. The third-order valence-corrected chi connectivity index (χ3v) is 4.31. The summed E-state index contributed by atoms with van der Waals surface area (Å²) in [5.41, 5.74) is 2.21. The third kappa shape index (κ3) is 3.73. The van der Waals surface area contributed by atoms with Crippen molar-refractivity contribution in [2.24, 2.45) is 0 Å². The molecule has 0 saturated carbocycles. The van der Waals surface area contributed by atoms with Crippen LogP contribution in [0.3, 0.4) is 0 Å². The van der Waals surface area contributed by atoms with Crippen LogP contribution < -0.4 is 10.9 Å². The van der Waals surface area contributed by atoms with Crippen LogP contribution in [0.1, 0.15) is 11.1 Å². The summed E-state index contributed by atoms with van der Waals surface area (Å²) in [5.74, 6) is -1.23. The molecule has 0 saturated heterocycles. The second-order valence-corrected chi connectivity index (χ2v) is 6.33. The standard InChI is InChI=1S/C21H16F2N4O/c22-16-8-15(9-17(23)10-16)11-25-20-21(28)27(13-14-4-2-1-3-5-14)19-12-24-7-6-18(19)26-20/h1-10,12H,11,13H2,(H,25,26). The number of hydrogen-bond acceptors (Lipinski definition) is 4. The average molecular weight is 378 g/mol. The lowest BCUT2D eigenvalue weighted by Crippen LogP contribution is -2.26. The molecule has 2 aromatic heterocycles. The summed E-state index contributed by atoms with van der Waals surface area (Å²) in [6.07, 6.45) is 3.19. The molecule has 2 heterocycles. The molecule has 5 nitrogen and oxygen atoms in total. The van der Waals surface area contributed by atoms with Gasteiger partial charge in [0, 0.05) is 18.8 Å². The first-order valence-electron chi connectivity index (χ1n) is 8.67. The highest BCUT2D eigenvalue weighted by Crippen LogP contribution is 2.14. The Morgan fingerprint density at radius 2 is 1.71 bits per heavy atom. The maximum atomic E-state index is 13.4. The van der Waals surface area contributed by atoms with E-state index in [0.29, 0.717) is 23.1 Å². The molecule has 1 N–H and O–H groups in total. The molecule has 0 bridgehead atoms. The Kier molecular flexibility index (Phi) is 4.80. The highest BCUT2D eigenvalue weighted by molar-refractivity contribution is 5.75. The SMILES string of the molecule is O=c1c(NCc2cc(F)cc(F)c2)nc2ccncc2n1Cc1ccccc1. The Morgan fingerprint density at radius 1 is 0.964 bits per heavy atom. The van der Waals surface area contributed by atoms with Crippen molar-refractivity contribution >= 4 is 16.9 Å². The Hall–Kier alpha value is -3.61. The van der Waals surface area contributed by atoms with E-state index in [2.05, 4.69) is 15.3 Å². The van der Waals surface area contributed by atoms with Crippen LogP contribution in [0.15, 0.2) is 71.8 Å². The quantitative estimate of drug-likeness (QED) is 0.575. The van der Waals surface area contributed by atoms with Gasteiger partial charge < -0.3 is 5.32 Å². The van der Waals surface area contributed by atoms with Gasteiger partial charge in [-0.05, 0) is 29.3 Å². The summed E-state index contributed by atoms with van der Waals surface area (Å²) in [4.78, 5) is 21.5. The van der Waals surface area contributed by atoms with Crippen molar-refractivity contribution in [3.8, 4) is 0 Å². The molecule has 0 spiro atoms. The number of fused-ring (bicyclic) bond motifs is 1. The molecule has 7 heteroatoms. The van der Waals surface area contributed by atoms with E-state index < -0.39 is 11.6 Å². The number of nitrogens with one attached hydrogen (secondary N) is 1. The van der Waals surface area contributed by atoms with Crippen molar-refractivity contribution in [1.82, 2.24) is 14.5 Å². The summed E-state index contributed by atoms with van der Waals surface area (Å²) in [6.45, 7) is 0.423. The number of rotatable bonds is 5. The van der Waals surface area contributed by atoms with E-state index in [1.807, 2.05) is 30.3 Å². The van der Waals surface area contributed by atoms with Crippen molar-refractivity contribution in [3.63, 3.8) is 0 Å².